The number of fused-ring (bicyclic) bond motifs is 1. The molecule has 1 saturated heterocycles. The van der Waals surface area contributed by atoms with Gasteiger partial charge in [0.25, 0.3) is 0 Å². The van der Waals surface area contributed by atoms with E-state index in [1.54, 1.807) is 7.11 Å². The summed E-state index contributed by atoms with van der Waals surface area (Å²) >= 11 is 0. The van der Waals surface area contributed by atoms with Crippen molar-refractivity contribution in [1.82, 2.24) is 25.8 Å². The van der Waals surface area contributed by atoms with Crippen molar-refractivity contribution in [2.75, 3.05) is 27.3 Å². The lowest BCUT2D eigenvalue weighted by atomic mass is 9.89. The number of urea groups is 1. The van der Waals surface area contributed by atoms with Gasteiger partial charge < -0.3 is 35.1 Å². The number of hydrogen-bond donors (Lipinski definition) is 3. The van der Waals surface area contributed by atoms with Gasteiger partial charge in [-0.15, -0.1) is 0 Å². The Hall–Kier alpha value is -4.87. The zero-order chi connectivity index (χ0) is 37.2. The number of nitrogens with zero attached hydrogens (tertiary/aromatic N) is 2. The summed E-state index contributed by atoms with van der Waals surface area (Å²) in [5, 5.41) is 9.55. The van der Waals surface area contributed by atoms with Gasteiger partial charge in [-0.05, 0) is 43.2 Å². The van der Waals surface area contributed by atoms with Crippen molar-refractivity contribution < 1.29 is 33.4 Å². The van der Waals surface area contributed by atoms with Crippen LogP contribution in [-0.2, 0) is 19.1 Å². The van der Waals surface area contributed by atoms with Gasteiger partial charge in [0.2, 0.25) is 11.8 Å². The molecule has 1 saturated carbocycles. The quantitative estimate of drug-likeness (QED) is 0.182. The van der Waals surface area contributed by atoms with Crippen LogP contribution in [0.25, 0.3) is 22.2 Å². The third-order valence-electron chi connectivity index (χ3n) is 10.1. The number of nitrogens with one attached hydrogen (secondary N) is 3. The summed E-state index contributed by atoms with van der Waals surface area (Å²) in [5.41, 5.74) is 2.25. The second kappa shape index (κ2) is 18.1. The largest absolute Gasteiger partial charge is 0.497 e. The van der Waals surface area contributed by atoms with Crippen molar-refractivity contribution in [3.05, 3.63) is 54.6 Å². The first-order valence-corrected chi connectivity index (χ1v) is 18.6. The Morgan fingerprint density at radius 2 is 1.71 bits per heavy atom. The molecule has 4 amide bonds. The molecule has 280 valence electrons. The molecular weight excluding hydrogens is 662 g/mol. The molecule has 1 aromatic heterocycles. The third-order valence-corrected chi connectivity index (χ3v) is 10.1. The number of esters is 1. The van der Waals surface area contributed by atoms with E-state index in [-0.39, 0.29) is 24.8 Å². The fourth-order valence-corrected chi connectivity index (χ4v) is 7.14. The van der Waals surface area contributed by atoms with Crippen LogP contribution in [0.4, 0.5) is 4.79 Å². The number of aromatic nitrogens is 1. The minimum absolute atomic E-state index is 0.0652. The van der Waals surface area contributed by atoms with Crippen LogP contribution in [0.3, 0.4) is 0 Å². The lowest BCUT2D eigenvalue weighted by Gasteiger charge is -2.29. The highest BCUT2D eigenvalue weighted by Crippen LogP contribution is 2.34. The number of carbonyl (C=O) groups is 4. The van der Waals surface area contributed by atoms with Gasteiger partial charge in [-0.2, -0.15) is 0 Å². The molecule has 0 radical (unpaired) electrons. The van der Waals surface area contributed by atoms with Gasteiger partial charge in [0, 0.05) is 36.0 Å². The van der Waals surface area contributed by atoms with Gasteiger partial charge >= 0.3 is 12.0 Å². The van der Waals surface area contributed by atoms with E-state index in [1.807, 2.05) is 75.4 Å². The molecule has 2 heterocycles. The van der Waals surface area contributed by atoms with Gasteiger partial charge in [0.05, 0.1) is 32.0 Å². The highest BCUT2D eigenvalue weighted by atomic mass is 16.5. The highest BCUT2D eigenvalue weighted by Gasteiger charge is 2.43. The van der Waals surface area contributed by atoms with Gasteiger partial charge in [-0.1, -0.05) is 76.8 Å². The minimum Gasteiger partial charge on any atom is -0.497 e. The summed E-state index contributed by atoms with van der Waals surface area (Å²) in [6.07, 6.45) is 6.30. The van der Waals surface area contributed by atoms with Crippen LogP contribution in [0.15, 0.2) is 54.6 Å². The number of methoxy groups -OCH3 is 2. The maximum absolute atomic E-state index is 14.1. The second-order valence-corrected chi connectivity index (χ2v) is 14.2. The Bertz CT molecular complexity index is 1690. The molecule has 2 aliphatic rings. The summed E-state index contributed by atoms with van der Waals surface area (Å²) in [5.74, 6) is 0.111. The molecule has 0 spiro atoms. The van der Waals surface area contributed by atoms with Crippen molar-refractivity contribution in [3.63, 3.8) is 0 Å². The number of pyridine rings is 1. The number of likely N-dealkylation sites (tertiary alicyclic amines) is 1. The first kappa shape index (κ1) is 38.4. The summed E-state index contributed by atoms with van der Waals surface area (Å²) in [7, 11) is 2.87. The number of hydrogen-bond acceptors (Lipinski definition) is 8. The van der Waals surface area contributed by atoms with Gasteiger partial charge in [0.1, 0.15) is 35.7 Å². The van der Waals surface area contributed by atoms with Crippen LogP contribution in [0.5, 0.6) is 11.5 Å². The lowest BCUT2D eigenvalue weighted by Crippen LogP contribution is -2.57. The van der Waals surface area contributed by atoms with Crippen molar-refractivity contribution >= 4 is 34.7 Å². The molecule has 0 bridgehead atoms. The monoisotopic (exact) mass is 715 g/mol. The van der Waals surface area contributed by atoms with Gasteiger partial charge in [-0.25, -0.2) is 14.6 Å². The topological polar surface area (TPSA) is 148 Å². The molecule has 52 heavy (non-hydrogen) atoms. The van der Waals surface area contributed by atoms with Crippen LogP contribution in [0.1, 0.15) is 72.1 Å². The predicted octanol–water partition coefficient (Wildman–Crippen LogP) is 5.62. The predicted molar refractivity (Wildman–Crippen MR) is 199 cm³/mol. The van der Waals surface area contributed by atoms with E-state index in [0.29, 0.717) is 48.0 Å². The summed E-state index contributed by atoms with van der Waals surface area (Å²) in [4.78, 5) is 60.3. The molecule has 1 aliphatic heterocycles. The molecule has 3 N–H and O–H groups in total. The van der Waals surface area contributed by atoms with E-state index in [1.165, 1.54) is 31.3 Å². The van der Waals surface area contributed by atoms with E-state index in [4.69, 9.17) is 19.2 Å². The molecule has 2 fully saturated rings. The van der Waals surface area contributed by atoms with Crippen LogP contribution in [-0.4, -0.2) is 85.2 Å². The van der Waals surface area contributed by atoms with Crippen LogP contribution in [0, 0.1) is 11.8 Å². The van der Waals surface area contributed by atoms with Gasteiger partial charge in [-0.3, -0.25) is 9.59 Å². The molecule has 3 aromatic rings. The zero-order valence-corrected chi connectivity index (χ0v) is 31.0. The van der Waals surface area contributed by atoms with E-state index in [2.05, 4.69) is 16.0 Å². The van der Waals surface area contributed by atoms with Crippen molar-refractivity contribution in [2.45, 2.75) is 96.4 Å². The summed E-state index contributed by atoms with van der Waals surface area (Å²) in [6, 6.07) is 13.9. The molecular formula is C40H53N5O7. The lowest BCUT2D eigenvalue weighted by molar-refractivity contribution is -0.145. The van der Waals surface area contributed by atoms with Gasteiger partial charge in [0.15, 0.2) is 0 Å². The van der Waals surface area contributed by atoms with Crippen molar-refractivity contribution in [3.8, 4) is 22.8 Å². The molecule has 2 aromatic carbocycles. The Balaban J connectivity index is 1.41. The third kappa shape index (κ3) is 9.51. The fraction of sp³-hybridized carbons (Fsp3) is 0.525. The Labute approximate surface area is 306 Å². The normalized spacial score (nSPS) is 18.8. The number of carbonyl (C=O) groups excluding carboxylic acids is 4. The first-order chi connectivity index (χ1) is 25.1. The fourth-order valence-electron chi connectivity index (χ4n) is 7.14. The average Bonchev–Trinajstić information content (AvgIpc) is 3.59. The van der Waals surface area contributed by atoms with Crippen molar-refractivity contribution in [2.24, 2.45) is 11.8 Å². The number of rotatable bonds is 14. The van der Waals surface area contributed by atoms with Crippen molar-refractivity contribution in [1.29, 1.82) is 0 Å². The zero-order valence-electron chi connectivity index (χ0n) is 31.0. The van der Waals surface area contributed by atoms with E-state index in [0.717, 1.165) is 23.8 Å². The molecule has 12 heteroatoms. The van der Waals surface area contributed by atoms with Crippen LogP contribution in [0.2, 0.25) is 0 Å². The number of ether oxygens (including phenoxy) is 3. The second-order valence-electron chi connectivity index (χ2n) is 14.2. The van der Waals surface area contributed by atoms with E-state index < -0.39 is 42.1 Å². The number of amides is 4. The van der Waals surface area contributed by atoms with E-state index in [9.17, 15) is 19.2 Å². The molecule has 4 atom stereocenters. The molecule has 12 nitrogen and oxygen atoms in total. The average molecular weight is 716 g/mol. The standard InChI is InChI=1S/C40H53N5O7/c1-6-13-31(39(48)51-5)43-37(46)34-21-29(24-45(34)40(49)44-36(25(2)3)38(47)41-23-26-14-9-7-10-15-26)52-35-22-32(27-16-11-8-12-17-27)42-33-20-28(50-4)18-19-30(33)35/h8,11-12,16-20,22,25-26,29,31,34,36H,6-7,9-10,13-15,21,23-24H2,1-5H3,(H,41,47)(H,43,46)(H,44,49). The first-order valence-electron chi connectivity index (χ1n) is 18.6. The Morgan fingerprint density at radius 3 is 2.38 bits per heavy atom. The SMILES string of the molecule is CCCC(NC(=O)C1CC(Oc2cc(-c3ccccc3)nc3cc(OC)ccc23)CN1C(=O)NC(C(=O)NCC1CCCCC1)C(C)C)C(=O)OC. The minimum atomic E-state index is -0.978. The van der Waals surface area contributed by atoms with Crippen LogP contribution < -0.4 is 25.4 Å². The summed E-state index contributed by atoms with van der Waals surface area (Å²) in [6.45, 7) is 6.31. The Morgan fingerprint density at radius 1 is 0.962 bits per heavy atom. The highest BCUT2D eigenvalue weighted by molar-refractivity contribution is 5.93. The maximum Gasteiger partial charge on any atom is 0.328 e. The number of benzene rings is 2. The van der Waals surface area contributed by atoms with E-state index >= 15 is 0 Å². The smallest absolute Gasteiger partial charge is 0.328 e. The molecule has 4 unspecified atom stereocenters. The maximum atomic E-state index is 14.1. The molecule has 1 aliphatic carbocycles. The summed E-state index contributed by atoms with van der Waals surface area (Å²) < 4.78 is 17.1. The molecule has 5 rings (SSSR count). The van der Waals surface area contributed by atoms with Crippen LogP contribution >= 0.6 is 0 Å². The Kier molecular flexibility index (Phi) is 13.3.